The Balaban J connectivity index is 0.00000140. The normalized spacial score (nSPS) is 17.4. The number of hydrogen-bond acceptors (Lipinski definition) is 6. The predicted molar refractivity (Wildman–Crippen MR) is 120 cm³/mol. The van der Waals surface area contributed by atoms with Crippen molar-refractivity contribution in [3.63, 3.8) is 0 Å². The Morgan fingerprint density at radius 3 is 2.71 bits per heavy atom. The minimum Gasteiger partial charge on any atom is -0.370 e. The number of hydrogen-bond donors (Lipinski definition) is 2. The summed E-state index contributed by atoms with van der Waals surface area (Å²) in [5.74, 6) is 0.0264. The number of aryl methyl sites for hydroxylation is 2. The van der Waals surface area contributed by atoms with Gasteiger partial charge in [-0.1, -0.05) is 0 Å². The maximum atomic E-state index is 12.6. The van der Waals surface area contributed by atoms with Crippen LogP contribution in [0.15, 0.2) is 6.07 Å². The first-order valence-electron chi connectivity index (χ1n) is 9.26. The molecule has 0 radical (unpaired) electrons. The first-order valence-corrected chi connectivity index (χ1v) is 10.9. The van der Waals surface area contributed by atoms with Crippen LogP contribution >= 0.6 is 47.5 Å². The Labute approximate surface area is 186 Å². The van der Waals surface area contributed by atoms with E-state index in [-0.39, 0.29) is 36.3 Å². The molecule has 0 aromatic carbocycles. The molecule has 1 amide bonds. The number of ether oxygens (including phenoxy) is 1. The highest BCUT2D eigenvalue weighted by Gasteiger charge is 2.40. The number of rotatable bonds is 4. The summed E-state index contributed by atoms with van der Waals surface area (Å²) in [5.41, 5.74) is 2.17. The van der Waals surface area contributed by atoms with Crippen molar-refractivity contribution < 1.29 is 9.53 Å². The molecule has 156 valence electrons. The topological polar surface area (TPSA) is 63.2 Å². The van der Waals surface area contributed by atoms with E-state index in [2.05, 4.69) is 28.6 Å². The molecule has 0 unspecified atom stereocenters. The highest BCUT2D eigenvalue weighted by Crippen LogP contribution is 2.43. The van der Waals surface area contributed by atoms with E-state index in [1.165, 1.54) is 15.3 Å². The van der Waals surface area contributed by atoms with Crippen molar-refractivity contribution >= 4 is 53.4 Å². The van der Waals surface area contributed by atoms with Crippen LogP contribution in [0.5, 0.6) is 0 Å². The largest absolute Gasteiger partial charge is 0.370 e. The van der Waals surface area contributed by atoms with Crippen LogP contribution in [0, 0.1) is 13.8 Å². The zero-order chi connectivity index (χ0) is 18.1. The second-order valence-corrected chi connectivity index (χ2v) is 9.47. The Hall–Kier alpha value is -0.700. The van der Waals surface area contributed by atoms with Crippen molar-refractivity contribution in [3.05, 3.63) is 37.0 Å². The van der Waals surface area contributed by atoms with Gasteiger partial charge in [0.25, 0.3) is 5.91 Å². The average Bonchev–Trinajstić information content (AvgIpc) is 3.21. The number of aromatic nitrogens is 1. The highest BCUT2D eigenvalue weighted by molar-refractivity contribution is 7.14. The molecule has 0 saturated carbocycles. The smallest absolute Gasteiger partial charge is 0.261 e. The fourth-order valence-corrected chi connectivity index (χ4v) is 5.87. The molecule has 2 aliphatic heterocycles. The van der Waals surface area contributed by atoms with E-state index in [1.54, 1.807) is 22.7 Å². The highest BCUT2D eigenvalue weighted by atomic mass is 35.5. The maximum absolute atomic E-state index is 12.6. The molecule has 2 aromatic heterocycles. The van der Waals surface area contributed by atoms with Crippen LogP contribution in [-0.4, -0.2) is 37.1 Å². The first-order chi connectivity index (χ1) is 12.6. The van der Waals surface area contributed by atoms with Crippen LogP contribution < -0.4 is 10.6 Å². The Bertz CT molecular complexity index is 797. The van der Waals surface area contributed by atoms with Gasteiger partial charge in [0.2, 0.25) is 0 Å². The zero-order valence-corrected chi connectivity index (χ0v) is 19.4. The van der Waals surface area contributed by atoms with E-state index in [4.69, 9.17) is 4.74 Å². The van der Waals surface area contributed by atoms with Crippen molar-refractivity contribution in [2.45, 2.75) is 45.1 Å². The van der Waals surface area contributed by atoms with Crippen molar-refractivity contribution in [1.29, 1.82) is 0 Å². The summed E-state index contributed by atoms with van der Waals surface area (Å²) in [6.07, 6.45) is 3.68. The van der Waals surface area contributed by atoms with Crippen LogP contribution in [0.1, 0.15) is 48.5 Å². The van der Waals surface area contributed by atoms with Gasteiger partial charge in [0.1, 0.15) is 0 Å². The zero-order valence-electron chi connectivity index (χ0n) is 16.1. The van der Waals surface area contributed by atoms with Crippen molar-refractivity contribution in [3.8, 4) is 0 Å². The summed E-state index contributed by atoms with van der Waals surface area (Å²) in [6, 6.07) is 2.08. The quantitative estimate of drug-likeness (QED) is 0.723. The summed E-state index contributed by atoms with van der Waals surface area (Å²) >= 11 is 3.35. The molecule has 0 atom stereocenters. The van der Waals surface area contributed by atoms with Crippen molar-refractivity contribution in [2.75, 3.05) is 26.2 Å². The standard InChI is InChI=1S/C19H25N3O2S2.2ClH/c1-12-13(2)25-17(22-12)3-7-21-18(23)16-11-14-15(26-16)4-10-24-19(14)5-8-20-9-6-19;;/h11,20H,3-10H2,1-2H3,(H,21,23);2*1H. The van der Waals surface area contributed by atoms with E-state index < -0.39 is 0 Å². The van der Waals surface area contributed by atoms with Gasteiger partial charge in [0, 0.05) is 29.1 Å². The van der Waals surface area contributed by atoms with E-state index in [0.717, 1.165) is 61.0 Å². The van der Waals surface area contributed by atoms with Gasteiger partial charge in [-0.2, -0.15) is 0 Å². The Kier molecular flexibility index (Phi) is 8.31. The van der Waals surface area contributed by atoms with Gasteiger partial charge in [-0.05, 0) is 51.4 Å². The number of piperidine rings is 1. The summed E-state index contributed by atoms with van der Waals surface area (Å²) in [4.78, 5) is 20.6. The SMILES string of the molecule is Cc1nc(CCNC(=O)c2cc3c(s2)CCOC32CCNCC2)sc1C.Cl.Cl. The minimum atomic E-state index is -0.177. The number of carbonyl (C=O) groups is 1. The van der Waals surface area contributed by atoms with Gasteiger partial charge in [0.15, 0.2) is 0 Å². The third-order valence-corrected chi connectivity index (χ3v) is 7.67. The third kappa shape index (κ3) is 4.71. The van der Waals surface area contributed by atoms with Gasteiger partial charge in [-0.15, -0.1) is 47.5 Å². The first kappa shape index (κ1) is 23.6. The van der Waals surface area contributed by atoms with Crippen molar-refractivity contribution in [1.82, 2.24) is 15.6 Å². The molecule has 1 spiro atoms. The number of nitrogens with zero attached hydrogens (tertiary/aromatic N) is 1. The Morgan fingerprint density at radius 1 is 1.29 bits per heavy atom. The molecular formula is C19H27Cl2N3O2S2. The number of thiophene rings is 1. The number of fused-ring (bicyclic) bond motifs is 2. The number of thiazole rings is 1. The molecule has 2 aliphatic rings. The van der Waals surface area contributed by atoms with Gasteiger partial charge in [-0.3, -0.25) is 4.79 Å². The molecule has 2 aromatic rings. The molecule has 9 heteroatoms. The summed E-state index contributed by atoms with van der Waals surface area (Å²) in [6.45, 7) is 7.45. The molecule has 1 fully saturated rings. The monoisotopic (exact) mass is 463 g/mol. The summed E-state index contributed by atoms with van der Waals surface area (Å²) in [5, 5.41) is 7.56. The number of nitrogens with one attached hydrogen (secondary N) is 2. The molecular weight excluding hydrogens is 437 g/mol. The van der Waals surface area contributed by atoms with Crippen LogP contribution in [-0.2, 0) is 23.2 Å². The molecule has 28 heavy (non-hydrogen) atoms. The van der Waals surface area contributed by atoms with Crippen LogP contribution in [0.4, 0.5) is 0 Å². The van der Waals surface area contributed by atoms with Crippen LogP contribution in [0.25, 0.3) is 0 Å². The maximum Gasteiger partial charge on any atom is 0.261 e. The van der Waals surface area contributed by atoms with E-state index >= 15 is 0 Å². The third-order valence-electron chi connectivity index (χ3n) is 5.34. The van der Waals surface area contributed by atoms with Crippen LogP contribution in [0.3, 0.4) is 0 Å². The summed E-state index contributed by atoms with van der Waals surface area (Å²) < 4.78 is 6.21. The molecule has 5 nitrogen and oxygen atoms in total. The fourth-order valence-electron chi connectivity index (χ4n) is 3.79. The fraction of sp³-hybridized carbons (Fsp3) is 0.579. The van der Waals surface area contributed by atoms with Crippen molar-refractivity contribution in [2.24, 2.45) is 0 Å². The second-order valence-electron chi connectivity index (χ2n) is 7.05. The molecule has 0 aliphatic carbocycles. The lowest BCUT2D eigenvalue weighted by molar-refractivity contribution is -0.0792. The number of halogens is 2. The molecule has 1 saturated heterocycles. The van der Waals surface area contributed by atoms with Gasteiger partial charge < -0.3 is 15.4 Å². The molecule has 0 bridgehead atoms. The lowest BCUT2D eigenvalue weighted by Crippen LogP contribution is -2.44. The van der Waals surface area contributed by atoms with Gasteiger partial charge in [0.05, 0.1) is 27.8 Å². The Morgan fingerprint density at radius 2 is 2.04 bits per heavy atom. The molecule has 4 rings (SSSR count). The molecule has 4 heterocycles. The lowest BCUT2D eigenvalue weighted by atomic mass is 9.83. The predicted octanol–water partition coefficient (Wildman–Crippen LogP) is 3.79. The number of amides is 1. The van der Waals surface area contributed by atoms with Crippen LogP contribution in [0.2, 0.25) is 0 Å². The lowest BCUT2D eigenvalue weighted by Gasteiger charge is -2.40. The minimum absolute atomic E-state index is 0. The second kappa shape index (κ2) is 9.87. The molecule has 2 N–H and O–H groups in total. The summed E-state index contributed by atoms with van der Waals surface area (Å²) in [7, 11) is 0. The average molecular weight is 464 g/mol. The number of carbonyl (C=O) groups excluding carboxylic acids is 1. The van der Waals surface area contributed by atoms with E-state index in [9.17, 15) is 4.79 Å². The van der Waals surface area contributed by atoms with Gasteiger partial charge in [-0.25, -0.2) is 4.98 Å². The van der Waals surface area contributed by atoms with Gasteiger partial charge >= 0.3 is 0 Å². The van der Waals surface area contributed by atoms with E-state index in [0.29, 0.717) is 6.54 Å². The van der Waals surface area contributed by atoms with E-state index in [1.807, 2.05) is 6.92 Å².